The summed E-state index contributed by atoms with van der Waals surface area (Å²) in [5.41, 5.74) is 2.69. The predicted octanol–water partition coefficient (Wildman–Crippen LogP) is 4.36. The number of esters is 1. The fourth-order valence-corrected chi connectivity index (χ4v) is 3.38. The fraction of sp³-hybridized carbons (Fsp3) is 0.200. The van der Waals surface area contributed by atoms with E-state index < -0.39 is 12.0 Å². The van der Waals surface area contributed by atoms with E-state index in [1.165, 1.54) is 7.11 Å². The van der Waals surface area contributed by atoms with Gasteiger partial charge in [0.25, 0.3) is 0 Å². The fourth-order valence-electron chi connectivity index (χ4n) is 3.12. The van der Waals surface area contributed by atoms with Gasteiger partial charge in [0.15, 0.2) is 0 Å². The molecule has 0 heterocycles. The number of nitrogens with one attached hydrogen (secondary N) is 1. The molecule has 1 amide bonds. The van der Waals surface area contributed by atoms with Crippen molar-refractivity contribution in [3.63, 3.8) is 0 Å². The molecule has 3 aromatic carbocycles. The molecule has 1 atom stereocenters. The Labute approximate surface area is 187 Å². The Morgan fingerprint density at radius 1 is 0.903 bits per heavy atom. The van der Waals surface area contributed by atoms with Gasteiger partial charge >= 0.3 is 5.97 Å². The highest BCUT2D eigenvalue weighted by molar-refractivity contribution is 6.32. The molecule has 6 heteroatoms. The third kappa shape index (κ3) is 6.86. The molecular formula is C25H24ClNO4. The number of amides is 1. The van der Waals surface area contributed by atoms with Crippen LogP contribution in [0, 0.1) is 0 Å². The lowest BCUT2D eigenvalue weighted by Gasteiger charge is -2.17. The van der Waals surface area contributed by atoms with Crippen molar-refractivity contribution in [2.24, 2.45) is 0 Å². The van der Waals surface area contributed by atoms with Crippen LogP contribution in [0.5, 0.6) is 5.75 Å². The molecule has 0 fully saturated rings. The maximum Gasteiger partial charge on any atom is 0.328 e. The molecule has 1 N–H and O–H groups in total. The minimum absolute atomic E-state index is 0.0843. The minimum Gasteiger partial charge on any atom is -0.487 e. The van der Waals surface area contributed by atoms with Crippen LogP contribution in [0.1, 0.15) is 16.7 Å². The molecule has 0 aliphatic rings. The number of rotatable bonds is 9. The normalized spacial score (nSPS) is 11.4. The lowest BCUT2D eigenvalue weighted by Crippen LogP contribution is -2.43. The third-order valence-corrected chi connectivity index (χ3v) is 5.00. The Morgan fingerprint density at radius 2 is 1.55 bits per heavy atom. The summed E-state index contributed by atoms with van der Waals surface area (Å²) in [6, 6.07) is 23.7. The van der Waals surface area contributed by atoms with Gasteiger partial charge < -0.3 is 14.8 Å². The highest BCUT2D eigenvalue weighted by atomic mass is 35.5. The summed E-state index contributed by atoms with van der Waals surface area (Å²) in [5.74, 6) is -0.230. The maximum atomic E-state index is 12.5. The Hall–Kier alpha value is -3.31. The van der Waals surface area contributed by atoms with Crippen LogP contribution in [0.4, 0.5) is 0 Å². The van der Waals surface area contributed by atoms with Crippen LogP contribution < -0.4 is 10.1 Å². The van der Waals surface area contributed by atoms with Crippen LogP contribution in [0.15, 0.2) is 78.9 Å². The third-order valence-electron chi connectivity index (χ3n) is 4.70. The number of ether oxygens (including phenoxy) is 2. The zero-order chi connectivity index (χ0) is 22.1. The number of benzene rings is 3. The molecule has 5 nitrogen and oxygen atoms in total. The molecule has 0 aliphatic heterocycles. The van der Waals surface area contributed by atoms with E-state index in [-0.39, 0.29) is 12.3 Å². The summed E-state index contributed by atoms with van der Waals surface area (Å²) >= 11 is 6.33. The first kappa shape index (κ1) is 22.4. The van der Waals surface area contributed by atoms with Crippen LogP contribution in [0.3, 0.4) is 0 Å². The summed E-state index contributed by atoms with van der Waals surface area (Å²) in [6.45, 7) is 0.403. The van der Waals surface area contributed by atoms with Gasteiger partial charge in [-0.3, -0.25) is 4.79 Å². The van der Waals surface area contributed by atoms with Crippen molar-refractivity contribution in [2.45, 2.75) is 25.5 Å². The smallest absolute Gasteiger partial charge is 0.328 e. The molecule has 0 aliphatic carbocycles. The molecule has 0 spiro atoms. The second-order valence-corrected chi connectivity index (χ2v) is 7.46. The van der Waals surface area contributed by atoms with Crippen molar-refractivity contribution in [3.8, 4) is 5.75 Å². The largest absolute Gasteiger partial charge is 0.487 e. The van der Waals surface area contributed by atoms with Crippen LogP contribution >= 0.6 is 11.6 Å². The van der Waals surface area contributed by atoms with Gasteiger partial charge in [0, 0.05) is 6.42 Å². The highest BCUT2D eigenvalue weighted by Crippen LogP contribution is 2.26. The lowest BCUT2D eigenvalue weighted by atomic mass is 10.1. The zero-order valence-electron chi connectivity index (χ0n) is 17.2. The standard InChI is InChI=1S/C25H24ClNO4/c1-30-25(29)22(15-18-8-4-2-5-9-18)27-24(28)16-20-12-13-23(21(26)14-20)31-17-19-10-6-3-7-11-19/h2-14,22H,15-17H2,1H3,(H,27,28)/t22-/m1/s1. The van der Waals surface area contributed by atoms with Crippen molar-refractivity contribution in [3.05, 3.63) is 101 Å². The van der Waals surface area contributed by atoms with E-state index >= 15 is 0 Å². The lowest BCUT2D eigenvalue weighted by molar-refractivity contribution is -0.145. The Morgan fingerprint density at radius 3 is 2.16 bits per heavy atom. The van der Waals surface area contributed by atoms with Gasteiger partial charge in [0.1, 0.15) is 18.4 Å². The van der Waals surface area contributed by atoms with Crippen LogP contribution in [-0.2, 0) is 33.8 Å². The first-order chi connectivity index (χ1) is 15.0. The summed E-state index contributed by atoms with van der Waals surface area (Å²) in [7, 11) is 1.31. The Bertz CT molecular complexity index is 1010. The molecule has 31 heavy (non-hydrogen) atoms. The molecule has 3 aromatic rings. The van der Waals surface area contributed by atoms with E-state index in [4.69, 9.17) is 21.1 Å². The van der Waals surface area contributed by atoms with Crippen molar-refractivity contribution in [2.75, 3.05) is 7.11 Å². The zero-order valence-corrected chi connectivity index (χ0v) is 18.0. The van der Waals surface area contributed by atoms with Crippen LogP contribution in [-0.4, -0.2) is 25.0 Å². The summed E-state index contributed by atoms with van der Waals surface area (Å²) in [4.78, 5) is 24.7. The first-order valence-electron chi connectivity index (χ1n) is 9.91. The van der Waals surface area contributed by atoms with Gasteiger partial charge in [-0.05, 0) is 28.8 Å². The highest BCUT2D eigenvalue weighted by Gasteiger charge is 2.22. The van der Waals surface area contributed by atoms with Crippen molar-refractivity contribution in [1.82, 2.24) is 5.32 Å². The predicted molar refractivity (Wildman–Crippen MR) is 120 cm³/mol. The summed E-state index contributed by atoms with van der Waals surface area (Å²) in [6.07, 6.45) is 0.438. The average molecular weight is 438 g/mol. The SMILES string of the molecule is COC(=O)[C@@H](Cc1ccccc1)NC(=O)Cc1ccc(OCc2ccccc2)c(Cl)c1. The number of methoxy groups -OCH3 is 1. The number of carbonyl (C=O) groups is 2. The molecule has 0 bridgehead atoms. The monoisotopic (exact) mass is 437 g/mol. The van der Waals surface area contributed by atoms with E-state index in [2.05, 4.69) is 5.32 Å². The van der Waals surface area contributed by atoms with Crippen molar-refractivity contribution in [1.29, 1.82) is 0 Å². The molecule has 0 radical (unpaired) electrons. The first-order valence-corrected chi connectivity index (χ1v) is 10.3. The quantitative estimate of drug-likeness (QED) is 0.505. The second-order valence-electron chi connectivity index (χ2n) is 7.05. The van der Waals surface area contributed by atoms with Gasteiger partial charge in [0.05, 0.1) is 18.6 Å². The summed E-state index contributed by atoms with van der Waals surface area (Å²) in [5, 5.41) is 3.18. The van der Waals surface area contributed by atoms with Gasteiger partial charge in [0.2, 0.25) is 5.91 Å². The topological polar surface area (TPSA) is 64.6 Å². The molecule has 0 aromatic heterocycles. The van der Waals surface area contributed by atoms with Gasteiger partial charge in [-0.25, -0.2) is 4.79 Å². The Balaban J connectivity index is 1.59. The van der Waals surface area contributed by atoms with Gasteiger partial charge in [-0.2, -0.15) is 0 Å². The molecule has 0 saturated carbocycles. The molecule has 0 saturated heterocycles. The maximum absolute atomic E-state index is 12.5. The number of halogens is 1. The van der Waals surface area contributed by atoms with Crippen LogP contribution in [0.2, 0.25) is 5.02 Å². The number of hydrogen-bond donors (Lipinski definition) is 1. The second kappa shape index (κ2) is 11.2. The van der Waals surface area contributed by atoms with Gasteiger partial charge in [-0.1, -0.05) is 78.3 Å². The molecule has 160 valence electrons. The van der Waals surface area contributed by atoms with E-state index in [0.717, 1.165) is 16.7 Å². The minimum atomic E-state index is -0.760. The molecule has 3 rings (SSSR count). The van der Waals surface area contributed by atoms with Crippen molar-refractivity contribution >= 4 is 23.5 Å². The van der Waals surface area contributed by atoms with E-state index in [1.54, 1.807) is 18.2 Å². The molecule has 0 unspecified atom stereocenters. The molecular weight excluding hydrogens is 414 g/mol. The summed E-state index contributed by atoms with van der Waals surface area (Å²) < 4.78 is 10.6. The number of hydrogen-bond acceptors (Lipinski definition) is 4. The van der Waals surface area contributed by atoms with Crippen molar-refractivity contribution < 1.29 is 19.1 Å². The van der Waals surface area contributed by atoms with Gasteiger partial charge in [-0.15, -0.1) is 0 Å². The number of carbonyl (C=O) groups excluding carboxylic acids is 2. The van der Waals surface area contributed by atoms with E-state index in [1.807, 2.05) is 60.7 Å². The Kier molecular flexibility index (Phi) is 8.07. The van der Waals surface area contributed by atoms with E-state index in [0.29, 0.717) is 23.8 Å². The van der Waals surface area contributed by atoms with Crippen LogP contribution in [0.25, 0.3) is 0 Å². The average Bonchev–Trinajstić information content (AvgIpc) is 2.79. The van der Waals surface area contributed by atoms with E-state index in [9.17, 15) is 9.59 Å².